The van der Waals surface area contributed by atoms with Gasteiger partial charge in [0.1, 0.15) is 0 Å². The fourth-order valence-electron chi connectivity index (χ4n) is 2.37. The third-order valence-corrected chi connectivity index (χ3v) is 6.02. The van der Waals surface area contributed by atoms with Crippen molar-refractivity contribution in [1.29, 1.82) is 0 Å². The van der Waals surface area contributed by atoms with E-state index < -0.39 is 28.5 Å². The number of benzene rings is 2. The van der Waals surface area contributed by atoms with E-state index in [1.165, 1.54) is 29.6 Å². The predicted octanol–water partition coefficient (Wildman–Crippen LogP) is 2.62. The van der Waals surface area contributed by atoms with Gasteiger partial charge >= 0.3 is 5.97 Å². The molecular formula is C20H21ClN2O5S. The molecule has 0 radical (unpaired) electrons. The van der Waals surface area contributed by atoms with Crippen LogP contribution in [-0.2, 0) is 26.1 Å². The standard InChI is InChI=1S/C20H21ClN2O5S/c1-3-11-22-19(24)14-28-20(25)17-12-16(9-10-18(17)21)29(26,27)23(2)13-15-7-5-4-6-8-15/h3-10,12H,1,11,13-14H2,2H3,(H,22,24). The van der Waals surface area contributed by atoms with Crippen LogP contribution in [0.15, 0.2) is 66.1 Å². The molecule has 0 fully saturated rings. The predicted molar refractivity (Wildman–Crippen MR) is 110 cm³/mol. The monoisotopic (exact) mass is 436 g/mol. The Hall–Kier alpha value is -2.68. The molecule has 0 spiro atoms. The number of carbonyl (C=O) groups is 2. The van der Waals surface area contributed by atoms with Gasteiger partial charge in [-0.05, 0) is 23.8 Å². The Morgan fingerprint density at radius 1 is 1.21 bits per heavy atom. The van der Waals surface area contributed by atoms with E-state index in [9.17, 15) is 18.0 Å². The van der Waals surface area contributed by atoms with Crippen LogP contribution in [0.5, 0.6) is 0 Å². The van der Waals surface area contributed by atoms with Crippen LogP contribution in [0.4, 0.5) is 0 Å². The van der Waals surface area contributed by atoms with Gasteiger partial charge in [-0.3, -0.25) is 4.79 Å². The van der Waals surface area contributed by atoms with Crippen molar-refractivity contribution >= 4 is 33.5 Å². The number of hydrogen-bond acceptors (Lipinski definition) is 5. The molecule has 154 valence electrons. The lowest BCUT2D eigenvalue weighted by Crippen LogP contribution is -2.29. The highest BCUT2D eigenvalue weighted by Gasteiger charge is 2.24. The van der Waals surface area contributed by atoms with Gasteiger partial charge in [-0.15, -0.1) is 6.58 Å². The first-order valence-corrected chi connectivity index (χ1v) is 10.4. The Bertz CT molecular complexity index is 993. The van der Waals surface area contributed by atoms with E-state index in [-0.39, 0.29) is 28.6 Å². The molecular weight excluding hydrogens is 416 g/mol. The number of nitrogens with zero attached hydrogens (tertiary/aromatic N) is 1. The summed E-state index contributed by atoms with van der Waals surface area (Å²) in [5.41, 5.74) is 0.676. The summed E-state index contributed by atoms with van der Waals surface area (Å²) < 4.78 is 31.8. The molecule has 0 saturated carbocycles. The largest absolute Gasteiger partial charge is 0.452 e. The molecule has 1 N–H and O–H groups in total. The third-order valence-electron chi connectivity index (χ3n) is 3.89. The number of carbonyl (C=O) groups excluding carboxylic acids is 2. The Morgan fingerprint density at radius 2 is 1.90 bits per heavy atom. The number of nitrogens with one attached hydrogen (secondary N) is 1. The minimum absolute atomic E-state index is 0.0196. The zero-order valence-electron chi connectivity index (χ0n) is 15.8. The number of sulfonamides is 1. The highest BCUT2D eigenvalue weighted by Crippen LogP contribution is 2.24. The summed E-state index contributed by atoms with van der Waals surface area (Å²) in [4.78, 5) is 23.7. The van der Waals surface area contributed by atoms with Crippen LogP contribution in [0, 0.1) is 0 Å². The molecule has 29 heavy (non-hydrogen) atoms. The summed E-state index contributed by atoms with van der Waals surface area (Å²) in [6.45, 7) is 3.34. The van der Waals surface area contributed by atoms with Gasteiger partial charge in [-0.2, -0.15) is 4.31 Å². The Morgan fingerprint density at radius 3 is 2.55 bits per heavy atom. The van der Waals surface area contributed by atoms with Gasteiger partial charge in [0.25, 0.3) is 5.91 Å². The fourth-order valence-corrected chi connectivity index (χ4v) is 3.75. The zero-order chi connectivity index (χ0) is 21.4. The molecule has 7 nitrogen and oxygen atoms in total. The lowest BCUT2D eigenvalue weighted by Gasteiger charge is -2.18. The molecule has 0 heterocycles. The minimum Gasteiger partial charge on any atom is -0.452 e. The molecule has 0 saturated heterocycles. The number of halogens is 1. The molecule has 0 aliphatic rings. The van der Waals surface area contributed by atoms with Crippen LogP contribution < -0.4 is 5.32 Å². The second-order valence-corrected chi connectivity index (χ2v) is 8.51. The van der Waals surface area contributed by atoms with Crippen LogP contribution in [0.3, 0.4) is 0 Å². The van der Waals surface area contributed by atoms with Crippen LogP contribution in [0.25, 0.3) is 0 Å². The highest BCUT2D eigenvalue weighted by molar-refractivity contribution is 7.89. The number of rotatable bonds is 9. The molecule has 2 rings (SSSR count). The van der Waals surface area contributed by atoms with E-state index in [4.69, 9.17) is 16.3 Å². The smallest absolute Gasteiger partial charge is 0.340 e. The summed E-state index contributed by atoms with van der Waals surface area (Å²) >= 11 is 6.03. The summed E-state index contributed by atoms with van der Waals surface area (Å²) in [6.07, 6.45) is 1.48. The van der Waals surface area contributed by atoms with Crippen LogP contribution in [0.2, 0.25) is 5.02 Å². The lowest BCUT2D eigenvalue weighted by atomic mass is 10.2. The Labute approximate surface area is 175 Å². The molecule has 0 unspecified atom stereocenters. The van der Waals surface area contributed by atoms with Gasteiger partial charge in [0, 0.05) is 20.1 Å². The summed E-state index contributed by atoms with van der Waals surface area (Å²) in [6, 6.07) is 12.9. The molecule has 2 aromatic carbocycles. The van der Waals surface area contributed by atoms with Gasteiger partial charge in [-0.25, -0.2) is 13.2 Å². The first-order chi connectivity index (χ1) is 13.8. The Kier molecular flexibility index (Phi) is 7.95. The van der Waals surface area contributed by atoms with Crippen LogP contribution in [0.1, 0.15) is 15.9 Å². The Balaban J connectivity index is 2.17. The maximum atomic E-state index is 12.9. The maximum Gasteiger partial charge on any atom is 0.340 e. The van der Waals surface area contributed by atoms with E-state index in [0.29, 0.717) is 0 Å². The van der Waals surface area contributed by atoms with Crippen molar-refractivity contribution in [3.8, 4) is 0 Å². The van der Waals surface area contributed by atoms with Gasteiger partial charge in [-0.1, -0.05) is 48.0 Å². The van der Waals surface area contributed by atoms with E-state index in [1.54, 1.807) is 0 Å². The first kappa shape index (κ1) is 22.6. The van der Waals surface area contributed by atoms with Crippen LogP contribution in [-0.4, -0.2) is 44.8 Å². The fraction of sp³-hybridized carbons (Fsp3) is 0.200. The van der Waals surface area contributed by atoms with Gasteiger partial charge in [0.2, 0.25) is 10.0 Å². The van der Waals surface area contributed by atoms with Crippen molar-refractivity contribution in [2.24, 2.45) is 0 Å². The summed E-state index contributed by atoms with van der Waals surface area (Å²) in [7, 11) is -2.43. The third kappa shape index (κ3) is 6.15. The summed E-state index contributed by atoms with van der Waals surface area (Å²) in [5, 5.41) is 2.48. The molecule has 2 aromatic rings. The SMILES string of the molecule is C=CCNC(=O)COC(=O)c1cc(S(=O)(=O)N(C)Cc2ccccc2)ccc1Cl. The summed E-state index contributed by atoms with van der Waals surface area (Å²) in [5.74, 6) is -1.41. The lowest BCUT2D eigenvalue weighted by molar-refractivity contribution is -0.124. The van der Waals surface area contributed by atoms with Crippen molar-refractivity contribution in [3.63, 3.8) is 0 Å². The quantitative estimate of drug-likeness (QED) is 0.481. The normalized spacial score (nSPS) is 11.1. The molecule has 0 aliphatic heterocycles. The minimum atomic E-state index is -3.88. The molecule has 0 bridgehead atoms. The number of hydrogen-bond donors (Lipinski definition) is 1. The van der Waals surface area contributed by atoms with Crippen molar-refractivity contribution in [1.82, 2.24) is 9.62 Å². The second kappa shape index (κ2) is 10.2. The van der Waals surface area contributed by atoms with Gasteiger partial charge in [0.05, 0.1) is 15.5 Å². The molecule has 1 amide bonds. The van der Waals surface area contributed by atoms with E-state index >= 15 is 0 Å². The molecule has 0 aromatic heterocycles. The van der Waals surface area contributed by atoms with E-state index in [2.05, 4.69) is 11.9 Å². The number of esters is 1. The average molecular weight is 437 g/mol. The highest BCUT2D eigenvalue weighted by atomic mass is 35.5. The van der Waals surface area contributed by atoms with Crippen molar-refractivity contribution in [3.05, 3.63) is 77.3 Å². The molecule has 0 aliphatic carbocycles. The van der Waals surface area contributed by atoms with Crippen LogP contribution >= 0.6 is 11.6 Å². The van der Waals surface area contributed by atoms with Gasteiger partial charge < -0.3 is 10.1 Å². The van der Waals surface area contributed by atoms with Crippen molar-refractivity contribution in [2.45, 2.75) is 11.4 Å². The second-order valence-electron chi connectivity index (χ2n) is 6.06. The van der Waals surface area contributed by atoms with Crippen molar-refractivity contribution in [2.75, 3.05) is 20.2 Å². The molecule has 9 heteroatoms. The zero-order valence-corrected chi connectivity index (χ0v) is 17.4. The maximum absolute atomic E-state index is 12.9. The topological polar surface area (TPSA) is 92.8 Å². The first-order valence-electron chi connectivity index (χ1n) is 8.60. The van der Waals surface area contributed by atoms with E-state index in [1.807, 2.05) is 30.3 Å². The van der Waals surface area contributed by atoms with E-state index in [0.717, 1.165) is 11.6 Å². The van der Waals surface area contributed by atoms with Gasteiger partial charge in [0.15, 0.2) is 6.61 Å². The average Bonchev–Trinajstić information content (AvgIpc) is 2.71. The van der Waals surface area contributed by atoms with Crippen molar-refractivity contribution < 1.29 is 22.7 Å². The number of amides is 1. The number of ether oxygens (including phenoxy) is 1. The molecule has 0 atom stereocenters.